The average molecular weight is 549 g/mol. The molecule has 0 bridgehead atoms. The summed E-state index contributed by atoms with van der Waals surface area (Å²) in [6.45, 7) is 6.46. The quantitative estimate of drug-likeness (QED) is 0.134. The Morgan fingerprint density at radius 2 is 1.92 bits per heavy atom. The van der Waals surface area contributed by atoms with Gasteiger partial charge in [-0.05, 0) is 49.2 Å². The van der Waals surface area contributed by atoms with E-state index < -0.39 is 17.7 Å². The number of Topliss-reactive ketones (excluding diaryl/α,β-unsaturated/α-hetero) is 2. The number of aryl methyl sites for hydroxylation is 1. The Bertz CT molecular complexity index is 1490. The van der Waals surface area contributed by atoms with E-state index in [0.717, 1.165) is 24.2 Å². The highest BCUT2D eigenvalue weighted by Crippen LogP contribution is 2.45. The zero-order valence-electron chi connectivity index (χ0n) is 21.9. The lowest BCUT2D eigenvalue weighted by molar-refractivity contribution is -0.132. The summed E-state index contributed by atoms with van der Waals surface area (Å²) in [6, 6.07) is 10.9. The van der Waals surface area contributed by atoms with Gasteiger partial charge >= 0.3 is 5.91 Å². The number of aromatic nitrogens is 1. The number of benzene rings is 2. The van der Waals surface area contributed by atoms with Gasteiger partial charge in [0.15, 0.2) is 22.4 Å². The second-order valence-electron chi connectivity index (χ2n) is 9.27. The maximum absolute atomic E-state index is 13.5. The van der Waals surface area contributed by atoms with Gasteiger partial charge in [-0.3, -0.25) is 19.3 Å². The lowest BCUT2D eigenvalue weighted by Gasteiger charge is -2.24. The number of rotatable bonds is 8. The summed E-state index contributed by atoms with van der Waals surface area (Å²) in [6.07, 6.45) is 1.84. The smallest absolute Gasteiger partial charge is 0.301 e. The number of ether oxygens (including phenoxy) is 3. The van der Waals surface area contributed by atoms with E-state index in [4.69, 9.17) is 14.2 Å². The topological polar surface area (TPSA) is 115 Å². The Labute approximate surface area is 229 Å². The molecule has 3 aromatic rings. The van der Waals surface area contributed by atoms with Crippen molar-refractivity contribution in [1.29, 1.82) is 0 Å². The monoisotopic (exact) mass is 548 g/mol. The number of carbonyl (C=O) groups excluding carboxylic acids is 3. The molecule has 10 heteroatoms. The molecule has 202 valence electrons. The van der Waals surface area contributed by atoms with Gasteiger partial charge in [0.05, 0.1) is 28.8 Å². The van der Waals surface area contributed by atoms with Gasteiger partial charge < -0.3 is 19.3 Å². The van der Waals surface area contributed by atoms with E-state index in [0.29, 0.717) is 58.8 Å². The number of thiazole rings is 1. The normalized spacial score (nSPS) is 17.9. The molecular formula is C29H28N2O7S. The highest BCUT2D eigenvalue weighted by molar-refractivity contribution is 7.18. The molecule has 1 fully saturated rings. The van der Waals surface area contributed by atoms with Crippen LogP contribution >= 0.6 is 11.3 Å². The van der Waals surface area contributed by atoms with E-state index in [1.807, 2.05) is 0 Å². The van der Waals surface area contributed by atoms with Crippen molar-refractivity contribution in [1.82, 2.24) is 4.98 Å². The first-order chi connectivity index (χ1) is 18.8. The lowest BCUT2D eigenvalue weighted by atomic mass is 9.95. The summed E-state index contributed by atoms with van der Waals surface area (Å²) >= 11 is 1.04. The molecule has 0 aliphatic carbocycles. The van der Waals surface area contributed by atoms with E-state index in [9.17, 15) is 19.5 Å². The largest absolute Gasteiger partial charge is 0.507 e. The number of nitrogens with zero attached hydrogens (tertiary/aromatic N) is 2. The Balaban J connectivity index is 1.66. The number of ketones is 2. The maximum atomic E-state index is 13.5. The van der Waals surface area contributed by atoms with Gasteiger partial charge in [0.1, 0.15) is 24.7 Å². The van der Waals surface area contributed by atoms with Crippen LogP contribution in [0.3, 0.4) is 0 Å². The van der Waals surface area contributed by atoms with Crippen LogP contribution in [0.2, 0.25) is 0 Å². The van der Waals surface area contributed by atoms with Crippen LogP contribution in [0.25, 0.3) is 5.76 Å². The summed E-state index contributed by atoms with van der Waals surface area (Å²) in [7, 11) is 0. The highest BCUT2D eigenvalue weighted by atomic mass is 32.1. The Morgan fingerprint density at radius 3 is 2.64 bits per heavy atom. The maximum Gasteiger partial charge on any atom is 0.301 e. The van der Waals surface area contributed by atoms with Gasteiger partial charge in [0.2, 0.25) is 0 Å². The molecule has 0 spiro atoms. The minimum absolute atomic E-state index is 0.0976. The molecule has 0 saturated carbocycles. The predicted molar refractivity (Wildman–Crippen MR) is 146 cm³/mol. The van der Waals surface area contributed by atoms with Crippen LogP contribution < -0.4 is 19.1 Å². The molecule has 1 aromatic heterocycles. The van der Waals surface area contributed by atoms with E-state index in [1.54, 1.807) is 49.4 Å². The van der Waals surface area contributed by atoms with Gasteiger partial charge in [0.25, 0.3) is 5.78 Å². The molecule has 1 amide bonds. The molecule has 1 N–H and O–H groups in total. The zero-order valence-corrected chi connectivity index (χ0v) is 22.7. The van der Waals surface area contributed by atoms with Crippen molar-refractivity contribution < 1.29 is 33.7 Å². The van der Waals surface area contributed by atoms with Crippen molar-refractivity contribution in [3.63, 3.8) is 0 Å². The van der Waals surface area contributed by atoms with Crippen LogP contribution in [0, 0.1) is 6.92 Å². The first kappa shape index (κ1) is 26.4. The highest BCUT2D eigenvalue weighted by Gasteiger charge is 2.48. The van der Waals surface area contributed by atoms with Crippen molar-refractivity contribution in [3.8, 4) is 17.2 Å². The third kappa shape index (κ3) is 4.99. The fraction of sp³-hybridized carbons (Fsp3) is 0.310. The number of unbranched alkanes of at least 4 members (excludes halogenated alkanes) is 1. The molecule has 2 aliphatic heterocycles. The number of fused-ring (bicyclic) bond motifs is 1. The molecule has 1 atom stereocenters. The standard InChI is InChI=1S/C29H28N2O7S/c1-4-5-11-36-20-8-6-7-18(14-20)24-23(25(33)19-9-10-21-22(15-19)38-13-12-37-21)26(34)28(35)31(24)29-30-16(2)27(39-29)17(3)32/h6-10,14-15,24,33H,4-5,11-13H2,1-3H3/t24-/m0/s1. The van der Waals surface area contributed by atoms with Crippen LogP contribution in [0.15, 0.2) is 48.0 Å². The molecule has 2 aliphatic rings. The fourth-order valence-electron chi connectivity index (χ4n) is 4.61. The number of hydrogen-bond acceptors (Lipinski definition) is 9. The molecule has 9 nitrogen and oxygen atoms in total. The Hall–Kier alpha value is -4.18. The van der Waals surface area contributed by atoms with Crippen LogP contribution in [-0.4, -0.2) is 47.4 Å². The average Bonchev–Trinajstić information content (AvgIpc) is 3.45. The first-order valence-electron chi connectivity index (χ1n) is 12.7. The van der Waals surface area contributed by atoms with Crippen molar-refractivity contribution in [2.24, 2.45) is 0 Å². The van der Waals surface area contributed by atoms with Gasteiger partial charge in [-0.15, -0.1) is 0 Å². The summed E-state index contributed by atoms with van der Waals surface area (Å²) in [5.41, 5.74) is 1.23. The number of aliphatic hydroxyl groups excluding tert-OH is 1. The minimum atomic E-state index is -1.00. The summed E-state index contributed by atoms with van der Waals surface area (Å²) in [5, 5.41) is 11.7. The second kappa shape index (κ2) is 10.9. The molecule has 5 rings (SSSR count). The Morgan fingerprint density at radius 1 is 1.15 bits per heavy atom. The lowest BCUT2D eigenvalue weighted by Crippen LogP contribution is -2.29. The first-order valence-corrected chi connectivity index (χ1v) is 13.5. The van der Waals surface area contributed by atoms with Crippen LogP contribution in [0.4, 0.5) is 5.13 Å². The molecule has 3 heterocycles. The van der Waals surface area contributed by atoms with Crippen molar-refractivity contribution in [2.75, 3.05) is 24.7 Å². The van der Waals surface area contributed by atoms with Gasteiger partial charge in [-0.25, -0.2) is 4.98 Å². The van der Waals surface area contributed by atoms with E-state index in [1.165, 1.54) is 11.8 Å². The Kier molecular flexibility index (Phi) is 7.38. The van der Waals surface area contributed by atoms with Crippen molar-refractivity contribution >= 4 is 39.7 Å². The molecule has 0 unspecified atom stereocenters. The number of aliphatic hydroxyl groups is 1. The molecule has 2 aromatic carbocycles. The summed E-state index contributed by atoms with van der Waals surface area (Å²) in [5.74, 6) is -0.708. The van der Waals surface area contributed by atoms with Crippen LogP contribution in [0.5, 0.6) is 17.2 Å². The SMILES string of the molecule is CCCCOc1cccc([C@H]2C(=C(O)c3ccc4c(c3)OCCO4)C(=O)C(=O)N2c2nc(C)c(C(C)=O)s2)c1. The zero-order chi connectivity index (χ0) is 27.7. The number of amides is 1. The minimum Gasteiger partial charge on any atom is -0.507 e. The van der Waals surface area contributed by atoms with Crippen molar-refractivity contribution in [2.45, 2.75) is 39.7 Å². The molecular weight excluding hydrogens is 520 g/mol. The summed E-state index contributed by atoms with van der Waals surface area (Å²) < 4.78 is 17.1. The van der Waals surface area contributed by atoms with E-state index in [-0.39, 0.29) is 22.2 Å². The third-order valence-electron chi connectivity index (χ3n) is 6.51. The number of hydrogen-bond donors (Lipinski definition) is 1. The van der Waals surface area contributed by atoms with Gasteiger partial charge in [-0.1, -0.05) is 36.8 Å². The van der Waals surface area contributed by atoms with Gasteiger partial charge in [0, 0.05) is 12.5 Å². The number of carbonyl (C=O) groups is 3. The van der Waals surface area contributed by atoms with Crippen LogP contribution in [0.1, 0.15) is 59.2 Å². The number of anilines is 1. The van der Waals surface area contributed by atoms with E-state index >= 15 is 0 Å². The third-order valence-corrected chi connectivity index (χ3v) is 7.77. The molecule has 1 saturated heterocycles. The fourth-order valence-corrected chi connectivity index (χ4v) is 5.60. The predicted octanol–water partition coefficient (Wildman–Crippen LogP) is 5.23. The molecule has 39 heavy (non-hydrogen) atoms. The summed E-state index contributed by atoms with van der Waals surface area (Å²) in [4.78, 5) is 45.3. The molecule has 0 radical (unpaired) electrons. The second-order valence-corrected chi connectivity index (χ2v) is 10.2. The van der Waals surface area contributed by atoms with E-state index in [2.05, 4.69) is 11.9 Å². The van der Waals surface area contributed by atoms with Crippen LogP contribution in [-0.2, 0) is 9.59 Å². The van der Waals surface area contributed by atoms with Crippen molar-refractivity contribution in [3.05, 3.63) is 69.7 Å². The van der Waals surface area contributed by atoms with Gasteiger partial charge in [-0.2, -0.15) is 0 Å².